The summed E-state index contributed by atoms with van der Waals surface area (Å²) in [7, 11) is 0. The van der Waals surface area contributed by atoms with Crippen LogP contribution in [0.3, 0.4) is 0 Å². The monoisotopic (exact) mass is 312 g/mol. The van der Waals surface area contributed by atoms with Crippen molar-refractivity contribution in [3.05, 3.63) is 14.6 Å². The van der Waals surface area contributed by atoms with Crippen LogP contribution in [0.4, 0.5) is 0 Å². The van der Waals surface area contributed by atoms with E-state index in [0.29, 0.717) is 0 Å². The van der Waals surface area contributed by atoms with Crippen molar-refractivity contribution in [1.29, 1.82) is 0 Å². The van der Waals surface area contributed by atoms with Gasteiger partial charge >= 0.3 is 0 Å². The lowest BCUT2D eigenvalue weighted by molar-refractivity contribution is 1.04. The summed E-state index contributed by atoms with van der Waals surface area (Å²) in [5.74, 6) is 0. The highest BCUT2D eigenvalue weighted by molar-refractivity contribution is 14.1. The standard InChI is InChI=1S/C5H5IN4S2/c6-3-1-9-12-4(3)2-8-10-5(7)11/h1-2H,(H3,7,10,11)/b8-2+. The molecule has 0 aliphatic rings. The highest BCUT2D eigenvalue weighted by atomic mass is 127. The molecule has 7 heteroatoms. The van der Waals surface area contributed by atoms with E-state index in [1.54, 1.807) is 12.4 Å². The average molecular weight is 312 g/mol. The summed E-state index contributed by atoms with van der Waals surface area (Å²) in [5.41, 5.74) is 7.63. The Labute approximate surface area is 92.5 Å². The van der Waals surface area contributed by atoms with Crippen molar-refractivity contribution in [2.75, 3.05) is 0 Å². The summed E-state index contributed by atoms with van der Waals surface area (Å²) in [4.78, 5) is 0.986. The Morgan fingerprint density at radius 1 is 1.92 bits per heavy atom. The number of hydrogen-bond donors (Lipinski definition) is 2. The van der Waals surface area contributed by atoms with Crippen LogP contribution < -0.4 is 11.2 Å². The SMILES string of the molecule is NC(=S)N/N=C/c1sncc1I. The Morgan fingerprint density at radius 2 is 2.67 bits per heavy atom. The minimum absolute atomic E-state index is 0.158. The Kier molecular flexibility index (Phi) is 3.82. The van der Waals surface area contributed by atoms with Crippen LogP contribution in [0.15, 0.2) is 11.3 Å². The van der Waals surface area contributed by atoms with E-state index in [2.05, 4.69) is 49.7 Å². The maximum absolute atomic E-state index is 5.16. The molecule has 0 spiro atoms. The van der Waals surface area contributed by atoms with Gasteiger partial charge in [0.15, 0.2) is 5.11 Å². The van der Waals surface area contributed by atoms with Crippen molar-refractivity contribution < 1.29 is 0 Å². The van der Waals surface area contributed by atoms with Crippen LogP contribution in [-0.4, -0.2) is 15.7 Å². The van der Waals surface area contributed by atoms with Gasteiger partial charge in [0.2, 0.25) is 0 Å². The molecule has 0 aromatic carbocycles. The highest BCUT2D eigenvalue weighted by Gasteiger charge is 1.97. The first-order valence-corrected chi connectivity index (χ1v) is 5.15. The molecule has 3 N–H and O–H groups in total. The van der Waals surface area contributed by atoms with Crippen molar-refractivity contribution in [3.8, 4) is 0 Å². The topological polar surface area (TPSA) is 63.3 Å². The maximum atomic E-state index is 5.16. The Hall–Kier alpha value is -0.280. The van der Waals surface area contributed by atoms with E-state index in [9.17, 15) is 0 Å². The third kappa shape index (κ3) is 2.99. The second kappa shape index (κ2) is 4.67. The van der Waals surface area contributed by atoms with E-state index in [4.69, 9.17) is 5.73 Å². The van der Waals surface area contributed by atoms with Crippen molar-refractivity contribution in [1.82, 2.24) is 9.80 Å². The van der Waals surface area contributed by atoms with Gasteiger partial charge in [-0.1, -0.05) is 0 Å². The van der Waals surface area contributed by atoms with Crippen LogP contribution >= 0.6 is 46.3 Å². The van der Waals surface area contributed by atoms with E-state index >= 15 is 0 Å². The number of thiocarbonyl (C=S) groups is 1. The third-order valence-electron chi connectivity index (χ3n) is 0.909. The third-order valence-corrected chi connectivity index (χ3v) is 2.96. The lowest BCUT2D eigenvalue weighted by atomic mass is 10.5. The number of aromatic nitrogens is 1. The molecule has 4 nitrogen and oxygen atoms in total. The summed E-state index contributed by atoms with van der Waals surface area (Å²) >= 11 is 8.11. The molecule has 0 fully saturated rings. The van der Waals surface area contributed by atoms with Gasteiger partial charge in [-0.15, -0.1) is 0 Å². The van der Waals surface area contributed by atoms with Crippen molar-refractivity contribution in [3.63, 3.8) is 0 Å². The minimum atomic E-state index is 0.158. The van der Waals surface area contributed by atoms with Gasteiger partial charge in [-0.05, 0) is 46.3 Å². The van der Waals surface area contributed by atoms with Gasteiger partial charge in [0.25, 0.3) is 0 Å². The van der Waals surface area contributed by atoms with Crippen LogP contribution in [0.25, 0.3) is 0 Å². The van der Waals surface area contributed by atoms with Crippen molar-refractivity contribution in [2.24, 2.45) is 10.8 Å². The van der Waals surface area contributed by atoms with Gasteiger partial charge < -0.3 is 5.73 Å². The summed E-state index contributed by atoms with van der Waals surface area (Å²) in [6.07, 6.45) is 3.41. The number of halogens is 1. The number of rotatable bonds is 2. The highest BCUT2D eigenvalue weighted by Crippen LogP contribution is 2.12. The zero-order valence-corrected chi connectivity index (χ0v) is 9.61. The predicted molar refractivity (Wildman–Crippen MR) is 62.3 cm³/mol. The van der Waals surface area contributed by atoms with Crippen LogP contribution in [0.5, 0.6) is 0 Å². The van der Waals surface area contributed by atoms with E-state index in [1.165, 1.54) is 11.5 Å². The summed E-state index contributed by atoms with van der Waals surface area (Å²) in [5, 5.41) is 3.96. The predicted octanol–water partition coefficient (Wildman–Crippen LogP) is 0.915. The Balaban J connectivity index is 2.57. The number of nitrogens with one attached hydrogen (secondary N) is 1. The normalized spacial score (nSPS) is 10.4. The first-order valence-electron chi connectivity index (χ1n) is 2.89. The van der Waals surface area contributed by atoms with Gasteiger partial charge in [0.05, 0.1) is 20.9 Å². The number of nitrogens with zero attached hydrogens (tertiary/aromatic N) is 2. The first-order chi connectivity index (χ1) is 5.70. The summed E-state index contributed by atoms with van der Waals surface area (Å²) in [6, 6.07) is 0. The zero-order valence-electron chi connectivity index (χ0n) is 5.82. The van der Waals surface area contributed by atoms with Crippen LogP contribution in [0.2, 0.25) is 0 Å². The maximum Gasteiger partial charge on any atom is 0.184 e. The van der Waals surface area contributed by atoms with Crippen molar-refractivity contribution in [2.45, 2.75) is 0 Å². The van der Waals surface area contributed by atoms with E-state index in [-0.39, 0.29) is 5.11 Å². The molecule has 0 aliphatic heterocycles. The molecule has 1 aromatic heterocycles. The molecule has 0 bridgehead atoms. The van der Waals surface area contributed by atoms with Crippen molar-refractivity contribution >= 4 is 57.7 Å². The molecule has 0 amide bonds. The fraction of sp³-hybridized carbons (Fsp3) is 0. The average Bonchev–Trinajstić information content (AvgIpc) is 2.36. The van der Waals surface area contributed by atoms with E-state index < -0.39 is 0 Å². The van der Waals surface area contributed by atoms with E-state index in [1.807, 2.05) is 0 Å². The van der Waals surface area contributed by atoms with E-state index in [0.717, 1.165) is 8.45 Å². The zero-order chi connectivity index (χ0) is 8.97. The van der Waals surface area contributed by atoms with Gasteiger partial charge in [0.1, 0.15) is 0 Å². The molecule has 12 heavy (non-hydrogen) atoms. The molecule has 0 unspecified atom stereocenters. The van der Waals surface area contributed by atoms with Gasteiger partial charge in [0, 0.05) is 0 Å². The van der Waals surface area contributed by atoms with Gasteiger partial charge in [-0.3, -0.25) is 5.43 Å². The lowest BCUT2D eigenvalue weighted by Gasteiger charge is -1.91. The molecular weight excluding hydrogens is 307 g/mol. The quantitative estimate of drug-likeness (QED) is 0.369. The molecule has 1 heterocycles. The molecule has 1 rings (SSSR count). The largest absolute Gasteiger partial charge is 0.375 e. The molecule has 64 valence electrons. The number of hydrazone groups is 1. The smallest absolute Gasteiger partial charge is 0.184 e. The van der Waals surface area contributed by atoms with Gasteiger partial charge in [-0.2, -0.15) is 9.47 Å². The molecular formula is C5H5IN4S2. The number of nitrogens with two attached hydrogens (primary N) is 1. The van der Waals surface area contributed by atoms with Crippen LogP contribution in [0, 0.1) is 3.57 Å². The van der Waals surface area contributed by atoms with Gasteiger partial charge in [-0.25, -0.2) is 0 Å². The first kappa shape index (κ1) is 9.81. The summed E-state index contributed by atoms with van der Waals surface area (Å²) in [6.45, 7) is 0. The molecule has 1 aromatic rings. The second-order valence-corrected chi connectivity index (χ2v) is 4.21. The fourth-order valence-corrected chi connectivity index (χ4v) is 1.80. The fourth-order valence-electron chi connectivity index (χ4n) is 0.476. The second-order valence-electron chi connectivity index (χ2n) is 1.77. The van der Waals surface area contributed by atoms with Crippen LogP contribution in [0.1, 0.15) is 4.88 Å². The van der Waals surface area contributed by atoms with Crippen LogP contribution in [-0.2, 0) is 0 Å². The molecule has 0 atom stereocenters. The number of hydrogen-bond acceptors (Lipinski definition) is 4. The Bertz CT molecular complexity index is 308. The molecule has 0 saturated carbocycles. The minimum Gasteiger partial charge on any atom is -0.375 e. The molecule has 0 aliphatic carbocycles. The molecule has 0 saturated heterocycles. The summed E-state index contributed by atoms with van der Waals surface area (Å²) < 4.78 is 5.03. The lowest BCUT2D eigenvalue weighted by Crippen LogP contribution is -2.23. The molecule has 0 radical (unpaired) electrons. The Morgan fingerprint density at radius 3 is 3.17 bits per heavy atom.